The molecular formula is C13H23N3S. The van der Waals surface area contributed by atoms with Crippen LogP contribution in [-0.2, 0) is 12.8 Å². The molecule has 0 radical (unpaired) electrons. The number of thiazole rings is 1. The second-order valence-corrected chi connectivity index (χ2v) is 5.99. The number of hydrogen-bond acceptors (Lipinski definition) is 4. The van der Waals surface area contributed by atoms with E-state index in [1.165, 1.54) is 36.6 Å². The van der Waals surface area contributed by atoms with Crippen molar-refractivity contribution >= 4 is 11.3 Å². The maximum Gasteiger partial charge on any atom is 0.0943 e. The van der Waals surface area contributed by atoms with Crippen LogP contribution >= 0.6 is 11.3 Å². The average Bonchev–Trinajstić information content (AvgIpc) is 2.87. The summed E-state index contributed by atoms with van der Waals surface area (Å²) in [4.78, 5) is 7.27. The molecule has 1 aliphatic heterocycles. The molecule has 2 rings (SSSR count). The smallest absolute Gasteiger partial charge is 0.0943 e. The molecule has 2 N–H and O–H groups in total. The van der Waals surface area contributed by atoms with Gasteiger partial charge in [0, 0.05) is 30.3 Å². The van der Waals surface area contributed by atoms with Gasteiger partial charge in [-0.05, 0) is 32.9 Å². The van der Waals surface area contributed by atoms with Crippen LogP contribution in [0.5, 0.6) is 0 Å². The van der Waals surface area contributed by atoms with Crippen molar-refractivity contribution in [3.8, 4) is 0 Å². The average molecular weight is 253 g/mol. The number of nitrogens with zero attached hydrogens (tertiary/aromatic N) is 2. The van der Waals surface area contributed by atoms with Gasteiger partial charge < -0.3 is 10.6 Å². The molecule has 0 aromatic carbocycles. The third kappa shape index (κ3) is 3.50. The summed E-state index contributed by atoms with van der Waals surface area (Å²) in [6, 6.07) is 0.929. The molecule has 0 amide bonds. The molecule has 1 aromatic heterocycles. The van der Waals surface area contributed by atoms with Crippen LogP contribution in [0.4, 0.5) is 0 Å². The fourth-order valence-electron chi connectivity index (χ4n) is 2.61. The Morgan fingerprint density at radius 2 is 2.47 bits per heavy atom. The Kier molecular flexibility index (Phi) is 4.54. The van der Waals surface area contributed by atoms with E-state index >= 15 is 0 Å². The minimum absolute atomic E-state index is 0.212. The summed E-state index contributed by atoms with van der Waals surface area (Å²) in [5.41, 5.74) is 6.96. The lowest BCUT2D eigenvalue weighted by Gasteiger charge is -2.21. The van der Waals surface area contributed by atoms with Crippen molar-refractivity contribution in [1.82, 2.24) is 9.88 Å². The fraction of sp³-hybridized carbons (Fsp3) is 0.769. The van der Waals surface area contributed by atoms with Gasteiger partial charge in [-0.15, -0.1) is 11.3 Å². The minimum atomic E-state index is 0.212. The van der Waals surface area contributed by atoms with Gasteiger partial charge in [-0.1, -0.05) is 6.92 Å². The molecule has 2 atom stereocenters. The lowest BCUT2D eigenvalue weighted by atomic mass is 10.1. The first-order valence-corrected chi connectivity index (χ1v) is 7.50. The van der Waals surface area contributed by atoms with Gasteiger partial charge in [0.25, 0.3) is 0 Å². The summed E-state index contributed by atoms with van der Waals surface area (Å²) in [6.45, 7) is 6.72. The lowest BCUT2D eigenvalue weighted by Crippen LogP contribution is -2.30. The van der Waals surface area contributed by atoms with E-state index in [4.69, 9.17) is 10.7 Å². The number of rotatable bonds is 5. The molecule has 2 unspecified atom stereocenters. The van der Waals surface area contributed by atoms with Crippen LogP contribution < -0.4 is 5.73 Å². The standard InChI is InChI=1S/C13H23N3S/c1-3-16-6-4-5-12(16)8-13-15-11(9-17-13)7-10(2)14/h9-10,12H,3-8,14H2,1-2H3. The summed E-state index contributed by atoms with van der Waals surface area (Å²) >= 11 is 1.80. The second-order valence-electron chi connectivity index (χ2n) is 5.04. The number of hydrogen-bond donors (Lipinski definition) is 1. The van der Waals surface area contributed by atoms with E-state index in [-0.39, 0.29) is 6.04 Å². The zero-order valence-corrected chi connectivity index (χ0v) is 11.7. The highest BCUT2D eigenvalue weighted by molar-refractivity contribution is 7.09. The van der Waals surface area contributed by atoms with Gasteiger partial charge in [-0.25, -0.2) is 4.98 Å². The molecule has 2 heterocycles. The predicted molar refractivity (Wildman–Crippen MR) is 73.4 cm³/mol. The number of aromatic nitrogens is 1. The summed E-state index contributed by atoms with van der Waals surface area (Å²) < 4.78 is 0. The van der Waals surface area contributed by atoms with E-state index in [0.717, 1.165) is 12.8 Å². The Hall–Kier alpha value is -0.450. The molecule has 0 aliphatic carbocycles. The van der Waals surface area contributed by atoms with E-state index in [2.05, 4.69) is 17.2 Å². The first-order valence-electron chi connectivity index (χ1n) is 6.62. The zero-order valence-electron chi connectivity index (χ0n) is 10.9. The van der Waals surface area contributed by atoms with Crippen LogP contribution in [-0.4, -0.2) is 35.1 Å². The highest BCUT2D eigenvalue weighted by atomic mass is 32.1. The quantitative estimate of drug-likeness (QED) is 0.873. The highest BCUT2D eigenvalue weighted by Gasteiger charge is 2.24. The molecule has 0 spiro atoms. The van der Waals surface area contributed by atoms with E-state index < -0.39 is 0 Å². The van der Waals surface area contributed by atoms with Crippen LogP contribution in [0.15, 0.2) is 5.38 Å². The van der Waals surface area contributed by atoms with Gasteiger partial charge in [0.1, 0.15) is 0 Å². The first-order chi connectivity index (χ1) is 8.19. The highest BCUT2D eigenvalue weighted by Crippen LogP contribution is 2.22. The molecule has 0 bridgehead atoms. The molecular weight excluding hydrogens is 230 g/mol. The van der Waals surface area contributed by atoms with Crippen LogP contribution in [0.2, 0.25) is 0 Å². The Morgan fingerprint density at radius 1 is 1.65 bits per heavy atom. The van der Waals surface area contributed by atoms with Crippen molar-refractivity contribution in [2.24, 2.45) is 5.73 Å². The van der Waals surface area contributed by atoms with E-state index in [1.54, 1.807) is 11.3 Å². The minimum Gasteiger partial charge on any atom is -0.328 e. The third-order valence-electron chi connectivity index (χ3n) is 3.45. The Morgan fingerprint density at radius 3 is 3.18 bits per heavy atom. The van der Waals surface area contributed by atoms with E-state index in [9.17, 15) is 0 Å². The third-order valence-corrected chi connectivity index (χ3v) is 4.37. The van der Waals surface area contributed by atoms with Crippen LogP contribution in [0.25, 0.3) is 0 Å². The van der Waals surface area contributed by atoms with Crippen molar-refractivity contribution in [2.75, 3.05) is 13.1 Å². The van der Waals surface area contributed by atoms with Crippen molar-refractivity contribution in [1.29, 1.82) is 0 Å². The van der Waals surface area contributed by atoms with E-state index in [0.29, 0.717) is 6.04 Å². The molecule has 1 saturated heterocycles. The maximum absolute atomic E-state index is 5.80. The van der Waals surface area contributed by atoms with Gasteiger partial charge in [0.2, 0.25) is 0 Å². The van der Waals surface area contributed by atoms with Crippen molar-refractivity contribution in [3.63, 3.8) is 0 Å². The summed E-state index contributed by atoms with van der Waals surface area (Å²) in [6.07, 6.45) is 4.70. The molecule has 17 heavy (non-hydrogen) atoms. The summed E-state index contributed by atoms with van der Waals surface area (Å²) in [5, 5.41) is 3.45. The van der Waals surface area contributed by atoms with Crippen molar-refractivity contribution < 1.29 is 0 Å². The molecule has 1 fully saturated rings. The number of likely N-dealkylation sites (tertiary alicyclic amines) is 1. The fourth-order valence-corrected chi connectivity index (χ4v) is 3.49. The van der Waals surface area contributed by atoms with Gasteiger partial charge in [0.15, 0.2) is 0 Å². The van der Waals surface area contributed by atoms with Gasteiger partial charge in [0.05, 0.1) is 10.7 Å². The molecule has 4 heteroatoms. The largest absolute Gasteiger partial charge is 0.328 e. The van der Waals surface area contributed by atoms with Crippen LogP contribution in [0.3, 0.4) is 0 Å². The zero-order chi connectivity index (χ0) is 12.3. The first kappa shape index (κ1) is 13.0. The maximum atomic E-state index is 5.80. The monoisotopic (exact) mass is 253 g/mol. The van der Waals surface area contributed by atoms with Gasteiger partial charge >= 0.3 is 0 Å². The second kappa shape index (κ2) is 5.94. The Bertz CT molecular complexity index is 348. The molecule has 1 aromatic rings. The molecule has 3 nitrogen and oxygen atoms in total. The van der Waals surface area contributed by atoms with Gasteiger partial charge in [-0.3, -0.25) is 0 Å². The summed E-state index contributed by atoms with van der Waals surface area (Å²) in [7, 11) is 0. The number of likely N-dealkylation sites (N-methyl/N-ethyl adjacent to an activating group) is 1. The molecule has 0 saturated carbocycles. The lowest BCUT2D eigenvalue weighted by molar-refractivity contribution is 0.266. The van der Waals surface area contributed by atoms with Crippen LogP contribution in [0, 0.1) is 0 Å². The predicted octanol–water partition coefficient (Wildman–Crippen LogP) is 2.06. The van der Waals surface area contributed by atoms with Crippen molar-refractivity contribution in [3.05, 3.63) is 16.1 Å². The molecule has 96 valence electrons. The van der Waals surface area contributed by atoms with Crippen molar-refractivity contribution in [2.45, 2.75) is 51.6 Å². The topological polar surface area (TPSA) is 42.2 Å². The Labute approximate surface area is 108 Å². The normalized spacial score (nSPS) is 23.1. The summed E-state index contributed by atoms with van der Waals surface area (Å²) in [5.74, 6) is 0. The van der Waals surface area contributed by atoms with Gasteiger partial charge in [-0.2, -0.15) is 0 Å². The SMILES string of the molecule is CCN1CCCC1Cc1nc(CC(C)N)cs1. The number of nitrogens with two attached hydrogens (primary N) is 1. The molecule has 1 aliphatic rings. The van der Waals surface area contributed by atoms with Crippen LogP contribution in [0.1, 0.15) is 37.4 Å². The van der Waals surface area contributed by atoms with E-state index in [1.807, 2.05) is 6.92 Å². The Balaban J connectivity index is 1.92.